The predicted octanol–water partition coefficient (Wildman–Crippen LogP) is 2.05. The Hall–Kier alpha value is -1.78. The summed E-state index contributed by atoms with van der Waals surface area (Å²) in [4.78, 5) is 10.8. The predicted molar refractivity (Wildman–Crippen MR) is 57.8 cm³/mol. The SMILES string of the molecule is COc1ccc(O)c(F)c1C1(CC(=O)O)CC1. The van der Waals surface area contributed by atoms with Crippen molar-refractivity contribution in [3.05, 3.63) is 23.5 Å². The van der Waals surface area contributed by atoms with Gasteiger partial charge < -0.3 is 14.9 Å². The molecule has 5 heteroatoms. The topological polar surface area (TPSA) is 66.8 Å². The number of aliphatic carboxylic acids is 1. The van der Waals surface area contributed by atoms with E-state index in [2.05, 4.69) is 0 Å². The summed E-state index contributed by atoms with van der Waals surface area (Å²) in [6.07, 6.45) is 1.04. The van der Waals surface area contributed by atoms with Crippen LogP contribution in [0.2, 0.25) is 0 Å². The molecule has 1 aliphatic rings. The van der Waals surface area contributed by atoms with Crippen LogP contribution in [0.5, 0.6) is 11.5 Å². The van der Waals surface area contributed by atoms with Crippen molar-refractivity contribution in [2.24, 2.45) is 0 Å². The Balaban J connectivity index is 2.50. The number of halogens is 1. The summed E-state index contributed by atoms with van der Waals surface area (Å²) in [5.41, 5.74) is -0.539. The average Bonchev–Trinajstić information content (AvgIpc) is 3.01. The number of carbonyl (C=O) groups is 1. The highest BCUT2D eigenvalue weighted by Crippen LogP contribution is 2.55. The lowest BCUT2D eigenvalue weighted by molar-refractivity contribution is -0.137. The van der Waals surface area contributed by atoms with E-state index in [1.807, 2.05) is 0 Å². The van der Waals surface area contributed by atoms with Gasteiger partial charge in [0.2, 0.25) is 0 Å². The lowest BCUT2D eigenvalue weighted by Gasteiger charge is -2.18. The van der Waals surface area contributed by atoms with E-state index in [9.17, 15) is 14.3 Å². The molecular weight excluding hydrogens is 227 g/mol. The molecule has 0 unspecified atom stereocenters. The first-order valence-electron chi connectivity index (χ1n) is 5.28. The number of ether oxygens (including phenoxy) is 1. The molecule has 0 atom stereocenters. The molecule has 0 radical (unpaired) electrons. The molecule has 0 saturated heterocycles. The molecule has 1 fully saturated rings. The Morgan fingerprint density at radius 1 is 1.53 bits per heavy atom. The third-order valence-electron chi connectivity index (χ3n) is 3.18. The van der Waals surface area contributed by atoms with Crippen molar-refractivity contribution in [3.63, 3.8) is 0 Å². The van der Waals surface area contributed by atoms with Gasteiger partial charge in [-0.15, -0.1) is 0 Å². The molecule has 0 aliphatic heterocycles. The molecule has 0 bridgehead atoms. The maximum Gasteiger partial charge on any atom is 0.304 e. The summed E-state index contributed by atoms with van der Waals surface area (Å²) in [5, 5.41) is 18.2. The summed E-state index contributed by atoms with van der Waals surface area (Å²) >= 11 is 0. The fourth-order valence-corrected chi connectivity index (χ4v) is 2.17. The molecule has 0 amide bonds. The summed E-state index contributed by atoms with van der Waals surface area (Å²) in [6, 6.07) is 2.66. The van der Waals surface area contributed by atoms with Crippen molar-refractivity contribution >= 4 is 5.97 Å². The first-order chi connectivity index (χ1) is 8.00. The molecule has 17 heavy (non-hydrogen) atoms. The zero-order chi connectivity index (χ0) is 12.6. The molecule has 2 N–H and O–H groups in total. The van der Waals surface area contributed by atoms with E-state index in [4.69, 9.17) is 9.84 Å². The van der Waals surface area contributed by atoms with Crippen LogP contribution < -0.4 is 4.74 Å². The number of hydrogen-bond acceptors (Lipinski definition) is 3. The molecule has 0 spiro atoms. The van der Waals surface area contributed by atoms with Crippen LogP contribution in [0, 0.1) is 5.82 Å². The maximum atomic E-state index is 13.9. The van der Waals surface area contributed by atoms with Crippen LogP contribution in [0.25, 0.3) is 0 Å². The Morgan fingerprint density at radius 2 is 2.18 bits per heavy atom. The van der Waals surface area contributed by atoms with Crippen molar-refractivity contribution < 1.29 is 24.1 Å². The number of carboxylic acids is 1. The summed E-state index contributed by atoms with van der Waals surface area (Å²) in [6.45, 7) is 0. The molecule has 4 nitrogen and oxygen atoms in total. The van der Waals surface area contributed by atoms with Gasteiger partial charge >= 0.3 is 5.97 Å². The van der Waals surface area contributed by atoms with Gasteiger partial charge in [0.25, 0.3) is 0 Å². The van der Waals surface area contributed by atoms with Crippen LogP contribution in [0.15, 0.2) is 12.1 Å². The highest BCUT2D eigenvalue weighted by molar-refractivity contribution is 5.71. The zero-order valence-electron chi connectivity index (χ0n) is 9.36. The summed E-state index contributed by atoms with van der Waals surface area (Å²) < 4.78 is 19.0. The number of rotatable bonds is 4. The van der Waals surface area contributed by atoms with Gasteiger partial charge in [-0.05, 0) is 25.0 Å². The molecule has 1 aliphatic carbocycles. The van der Waals surface area contributed by atoms with Crippen molar-refractivity contribution in [1.29, 1.82) is 0 Å². The van der Waals surface area contributed by atoms with E-state index in [0.717, 1.165) is 0 Å². The van der Waals surface area contributed by atoms with Gasteiger partial charge in [0.05, 0.1) is 13.5 Å². The first-order valence-corrected chi connectivity index (χ1v) is 5.28. The van der Waals surface area contributed by atoms with Crippen LogP contribution in [0.3, 0.4) is 0 Å². The van der Waals surface area contributed by atoms with Crippen molar-refractivity contribution in [2.45, 2.75) is 24.7 Å². The van der Waals surface area contributed by atoms with Gasteiger partial charge in [0.15, 0.2) is 11.6 Å². The normalized spacial score (nSPS) is 16.6. The average molecular weight is 240 g/mol. The number of benzene rings is 1. The molecule has 1 aromatic rings. The third kappa shape index (κ3) is 1.92. The number of methoxy groups -OCH3 is 1. The molecule has 92 valence electrons. The Morgan fingerprint density at radius 3 is 2.65 bits per heavy atom. The van der Waals surface area contributed by atoms with E-state index < -0.39 is 23.0 Å². The molecule has 0 heterocycles. The summed E-state index contributed by atoms with van der Waals surface area (Å²) in [5.74, 6) is -1.94. The Kier molecular flexibility index (Phi) is 2.69. The molecule has 0 aromatic heterocycles. The van der Waals surface area contributed by atoms with Gasteiger partial charge in [-0.2, -0.15) is 0 Å². The fraction of sp³-hybridized carbons (Fsp3) is 0.417. The van der Waals surface area contributed by atoms with Crippen molar-refractivity contribution in [1.82, 2.24) is 0 Å². The number of carboxylic acid groups (broad SMARTS) is 1. The number of phenolic OH excluding ortho intramolecular Hbond substituents is 1. The minimum Gasteiger partial charge on any atom is -0.505 e. The smallest absolute Gasteiger partial charge is 0.304 e. The highest BCUT2D eigenvalue weighted by atomic mass is 19.1. The molecule has 2 rings (SSSR count). The second kappa shape index (κ2) is 3.91. The van der Waals surface area contributed by atoms with Crippen LogP contribution >= 0.6 is 0 Å². The van der Waals surface area contributed by atoms with E-state index in [1.165, 1.54) is 19.2 Å². The van der Waals surface area contributed by atoms with Gasteiger partial charge in [-0.3, -0.25) is 4.79 Å². The second-order valence-corrected chi connectivity index (χ2v) is 4.33. The number of hydrogen-bond donors (Lipinski definition) is 2. The fourth-order valence-electron chi connectivity index (χ4n) is 2.17. The third-order valence-corrected chi connectivity index (χ3v) is 3.18. The van der Waals surface area contributed by atoms with Crippen LogP contribution in [-0.4, -0.2) is 23.3 Å². The van der Waals surface area contributed by atoms with Crippen LogP contribution in [-0.2, 0) is 10.2 Å². The number of aromatic hydroxyl groups is 1. The lowest BCUT2D eigenvalue weighted by Crippen LogP contribution is -2.16. The van der Waals surface area contributed by atoms with Crippen molar-refractivity contribution in [2.75, 3.05) is 7.11 Å². The minimum atomic E-state index is -0.979. The quantitative estimate of drug-likeness (QED) is 0.845. The van der Waals surface area contributed by atoms with Crippen LogP contribution in [0.4, 0.5) is 4.39 Å². The Bertz CT molecular complexity index is 466. The van der Waals surface area contributed by atoms with Gasteiger partial charge in [0, 0.05) is 11.0 Å². The van der Waals surface area contributed by atoms with E-state index >= 15 is 0 Å². The zero-order valence-corrected chi connectivity index (χ0v) is 9.36. The number of phenols is 1. The standard InChI is InChI=1S/C12H13FO4/c1-17-8-3-2-7(14)11(13)10(8)12(4-5-12)6-9(15)16/h2-3,14H,4-6H2,1H3,(H,15,16). The summed E-state index contributed by atoms with van der Waals surface area (Å²) in [7, 11) is 1.40. The van der Waals surface area contributed by atoms with Gasteiger partial charge in [-0.25, -0.2) is 4.39 Å². The lowest BCUT2D eigenvalue weighted by atomic mass is 9.90. The van der Waals surface area contributed by atoms with Crippen molar-refractivity contribution in [3.8, 4) is 11.5 Å². The van der Waals surface area contributed by atoms with E-state index in [0.29, 0.717) is 18.6 Å². The molecule has 1 aromatic carbocycles. The monoisotopic (exact) mass is 240 g/mol. The molecule has 1 saturated carbocycles. The first kappa shape index (κ1) is 11.7. The van der Waals surface area contributed by atoms with Gasteiger partial charge in [-0.1, -0.05) is 0 Å². The highest BCUT2D eigenvalue weighted by Gasteiger charge is 2.50. The largest absolute Gasteiger partial charge is 0.505 e. The van der Waals surface area contributed by atoms with E-state index in [-0.39, 0.29) is 12.0 Å². The van der Waals surface area contributed by atoms with Gasteiger partial charge in [0.1, 0.15) is 5.75 Å². The second-order valence-electron chi connectivity index (χ2n) is 4.33. The maximum absolute atomic E-state index is 13.9. The minimum absolute atomic E-state index is 0.149. The Labute approximate surface area is 97.6 Å². The van der Waals surface area contributed by atoms with Crippen LogP contribution in [0.1, 0.15) is 24.8 Å². The van der Waals surface area contributed by atoms with E-state index in [1.54, 1.807) is 0 Å². The molecular formula is C12H13FO4.